The molecular formula is C21H27ClF3N5O. The average molecular weight is 458 g/mol. The van der Waals surface area contributed by atoms with Crippen LogP contribution in [0.2, 0.25) is 5.02 Å². The standard InChI is InChI=1S/C21H27ClF3N5O/c1-19(2)10-14(11-20(3,4)30(19)5)27-17-16(22)12-26-18(29-17)28-13-7-6-8-15(9-13)31-21(23,24)25/h6-9,12,14H,10-11H2,1-5H3,(H2,26,27,28,29). The molecule has 0 bridgehead atoms. The predicted molar refractivity (Wildman–Crippen MR) is 116 cm³/mol. The molecule has 2 heterocycles. The van der Waals surface area contributed by atoms with Crippen molar-refractivity contribution in [2.24, 2.45) is 0 Å². The van der Waals surface area contributed by atoms with Crippen molar-refractivity contribution < 1.29 is 17.9 Å². The van der Waals surface area contributed by atoms with E-state index in [1.54, 1.807) is 6.07 Å². The summed E-state index contributed by atoms with van der Waals surface area (Å²) in [7, 11) is 2.13. The SMILES string of the molecule is CN1C(C)(C)CC(Nc2nc(Nc3cccc(OC(F)(F)F)c3)ncc2Cl)CC1(C)C. The highest BCUT2D eigenvalue weighted by molar-refractivity contribution is 6.32. The van der Waals surface area contributed by atoms with Crippen LogP contribution < -0.4 is 15.4 Å². The Hall–Kier alpha value is -2.26. The second kappa shape index (κ2) is 8.35. The number of ether oxygens (including phenoxy) is 1. The molecule has 170 valence electrons. The van der Waals surface area contributed by atoms with Crippen molar-refractivity contribution in [1.29, 1.82) is 0 Å². The summed E-state index contributed by atoms with van der Waals surface area (Å²) < 4.78 is 41.3. The number of anilines is 3. The van der Waals surface area contributed by atoms with Crippen molar-refractivity contribution in [3.63, 3.8) is 0 Å². The lowest BCUT2D eigenvalue weighted by atomic mass is 9.77. The number of halogens is 4. The Labute approximate surface area is 185 Å². The fourth-order valence-corrected chi connectivity index (χ4v) is 4.24. The van der Waals surface area contributed by atoms with E-state index in [1.807, 2.05) is 0 Å². The zero-order valence-corrected chi connectivity index (χ0v) is 18.9. The van der Waals surface area contributed by atoms with Gasteiger partial charge in [0.2, 0.25) is 5.95 Å². The monoisotopic (exact) mass is 457 g/mol. The highest BCUT2D eigenvalue weighted by Crippen LogP contribution is 2.38. The molecule has 0 saturated carbocycles. The number of piperidine rings is 1. The first-order valence-electron chi connectivity index (χ1n) is 9.91. The number of benzene rings is 1. The second-order valence-corrected chi connectivity index (χ2v) is 9.43. The molecule has 1 aliphatic rings. The van der Waals surface area contributed by atoms with E-state index in [0.717, 1.165) is 12.8 Å². The van der Waals surface area contributed by atoms with Gasteiger partial charge in [-0.25, -0.2) is 4.98 Å². The Kier molecular flexibility index (Phi) is 6.30. The zero-order valence-electron chi connectivity index (χ0n) is 18.1. The Bertz CT molecular complexity index is 917. The first kappa shape index (κ1) is 23.4. The van der Waals surface area contributed by atoms with Gasteiger partial charge < -0.3 is 15.4 Å². The van der Waals surface area contributed by atoms with Crippen LogP contribution in [0.15, 0.2) is 30.5 Å². The van der Waals surface area contributed by atoms with Crippen molar-refractivity contribution in [2.45, 2.75) is 64.0 Å². The Morgan fingerprint density at radius 2 is 1.81 bits per heavy atom. The Morgan fingerprint density at radius 3 is 2.42 bits per heavy atom. The minimum atomic E-state index is -4.76. The zero-order chi connectivity index (χ0) is 23.0. The molecule has 0 unspecified atom stereocenters. The minimum Gasteiger partial charge on any atom is -0.406 e. The van der Waals surface area contributed by atoms with Gasteiger partial charge in [-0.3, -0.25) is 4.90 Å². The van der Waals surface area contributed by atoms with Gasteiger partial charge in [-0.1, -0.05) is 17.7 Å². The van der Waals surface area contributed by atoms with Crippen molar-refractivity contribution >= 4 is 29.1 Å². The number of likely N-dealkylation sites (tertiary alicyclic amines) is 1. The van der Waals surface area contributed by atoms with Crippen LogP contribution in [-0.2, 0) is 0 Å². The summed E-state index contributed by atoms with van der Waals surface area (Å²) in [5.41, 5.74) is 0.328. The summed E-state index contributed by atoms with van der Waals surface area (Å²) in [5.74, 6) is 0.353. The number of alkyl halides is 3. The second-order valence-electron chi connectivity index (χ2n) is 9.02. The summed E-state index contributed by atoms with van der Waals surface area (Å²) in [4.78, 5) is 11.0. The molecule has 1 aliphatic heterocycles. The number of hydrogen-bond acceptors (Lipinski definition) is 6. The summed E-state index contributed by atoms with van der Waals surface area (Å²) in [5, 5.41) is 6.69. The van der Waals surface area contributed by atoms with E-state index in [-0.39, 0.29) is 28.8 Å². The lowest BCUT2D eigenvalue weighted by Crippen LogP contribution is -2.61. The molecule has 2 N–H and O–H groups in total. The molecule has 0 aliphatic carbocycles. The van der Waals surface area contributed by atoms with Crippen LogP contribution in [0.5, 0.6) is 5.75 Å². The van der Waals surface area contributed by atoms with E-state index >= 15 is 0 Å². The molecule has 0 amide bonds. The van der Waals surface area contributed by atoms with E-state index in [0.29, 0.717) is 16.5 Å². The molecular weight excluding hydrogens is 431 g/mol. The van der Waals surface area contributed by atoms with Crippen LogP contribution in [0, 0.1) is 0 Å². The van der Waals surface area contributed by atoms with Crippen molar-refractivity contribution in [2.75, 3.05) is 17.7 Å². The molecule has 1 saturated heterocycles. The molecule has 31 heavy (non-hydrogen) atoms. The lowest BCUT2D eigenvalue weighted by molar-refractivity contribution is -0.274. The lowest BCUT2D eigenvalue weighted by Gasteiger charge is -2.53. The summed E-state index contributed by atoms with van der Waals surface area (Å²) in [6, 6.07) is 5.63. The molecule has 0 spiro atoms. The number of nitrogens with zero attached hydrogens (tertiary/aromatic N) is 3. The van der Waals surface area contributed by atoms with Gasteiger partial charge >= 0.3 is 6.36 Å². The Balaban J connectivity index is 1.76. The molecule has 6 nitrogen and oxygen atoms in total. The highest BCUT2D eigenvalue weighted by atomic mass is 35.5. The number of rotatable bonds is 5. The van der Waals surface area contributed by atoms with E-state index in [9.17, 15) is 13.2 Å². The largest absolute Gasteiger partial charge is 0.573 e. The highest BCUT2D eigenvalue weighted by Gasteiger charge is 2.43. The van der Waals surface area contributed by atoms with Gasteiger partial charge in [-0.05, 0) is 59.7 Å². The molecule has 1 aromatic heterocycles. The van der Waals surface area contributed by atoms with Crippen molar-refractivity contribution in [3.05, 3.63) is 35.5 Å². The van der Waals surface area contributed by atoms with Gasteiger partial charge in [0.1, 0.15) is 10.8 Å². The summed E-state index contributed by atoms with van der Waals surface area (Å²) in [6.07, 6.45) is -1.51. The first-order chi connectivity index (χ1) is 14.2. The molecule has 3 rings (SSSR count). The van der Waals surface area contributed by atoms with E-state index in [1.165, 1.54) is 24.4 Å². The maximum atomic E-state index is 12.5. The smallest absolute Gasteiger partial charge is 0.406 e. The molecule has 2 aromatic rings. The number of hydrogen-bond donors (Lipinski definition) is 2. The molecule has 0 radical (unpaired) electrons. The molecule has 1 aromatic carbocycles. The quantitative estimate of drug-likeness (QED) is 0.588. The third-order valence-corrected chi connectivity index (χ3v) is 5.99. The first-order valence-corrected chi connectivity index (χ1v) is 10.3. The molecule has 1 fully saturated rings. The van der Waals surface area contributed by atoms with Crippen molar-refractivity contribution in [3.8, 4) is 5.75 Å². The maximum absolute atomic E-state index is 12.5. The van der Waals surface area contributed by atoms with E-state index in [4.69, 9.17) is 11.6 Å². The minimum absolute atomic E-state index is 0.0150. The Morgan fingerprint density at radius 1 is 1.16 bits per heavy atom. The maximum Gasteiger partial charge on any atom is 0.573 e. The predicted octanol–water partition coefficient (Wildman–Crippen LogP) is 5.84. The fraction of sp³-hybridized carbons (Fsp3) is 0.524. The van der Waals surface area contributed by atoms with Crippen LogP contribution in [0.25, 0.3) is 0 Å². The normalized spacial score (nSPS) is 19.1. The van der Waals surface area contributed by atoms with Gasteiger partial charge in [0, 0.05) is 28.9 Å². The number of aromatic nitrogens is 2. The topological polar surface area (TPSA) is 62.3 Å². The van der Waals surface area contributed by atoms with Gasteiger partial charge in [-0.15, -0.1) is 13.2 Å². The molecule has 10 heteroatoms. The van der Waals surface area contributed by atoms with Gasteiger partial charge in [0.05, 0.1) is 6.20 Å². The van der Waals surface area contributed by atoms with Crippen LogP contribution >= 0.6 is 11.6 Å². The molecule has 0 atom stereocenters. The van der Waals surface area contributed by atoms with Gasteiger partial charge in [0.25, 0.3) is 0 Å². The van der Waals surface area contributed by atoms with Gasteiger partial charge in [0.15, 0.2) is 5.82 Å². The fourth-order valence-electron chi connectivity index (χ4n) is 4.10. The van der Waals surface area contributed by atoms with E-state index < -0.39 is 6.36 Å². The summed E-state index contributed by atoms with van der Waals surface area (Å²) in [6.45, 7) is 8.81. The van der Waals surface area contributed by atoms with Crippen LogP contribution in [0.3, 0.4) is 0 Å². The van der Waals surface area contributed by atoms with Crippen LogP contribution in [0.4, 0.5) is 30.6 Å². The third kappa shape index (κ3) is 5.92. The van der Waals surface area contributed by atoms with Crippen LogP contribution in [-0.4, -0.2) is 45.4 Å². The van der Waals surface area contributed by atoms with Crippen molar-refractivity contribution in [1.82, 2.24) is 14.9 Å². The van der Waals surface area contributed by atoms with E-state index in [2.05, 4.69) is 65.0 Å². The van der Waals surface area contributed by atoms with Crippen LogP contribution in [0.1, 0.15) is 40.5 Å². The number of nitrogens with one attached hydrogen (secondary N) is 2. The van der Waals surface area contributed by atoms with Gasteiger partial charge in [-0.2, -0.15) is 4.98 Å². The summed E-state index contributed by atoms with van der Waals surface area (Å²) >= 11 is 6.32. The third-order valence-electron chi connectivity index (χ3n) is 5.72. The average Bonchev–Trinajstić information content (AvgIpc) is 2.61.